The molecule has 0 spiro atoms. The maximum absolute atomic E-state index is 13.3. The van der Waals surface area contributed by atoms with E-state index in [1.54, 1.807) is 0 Å². The Morgan fingerprint density at radius 2 is 1.15 bits per heavy atom. The van der Waals surface area contributed by atoms with E-state index < -0.39 is 0 Å². The molecule has 4 saturated carbocycles. The molecule has 0 unspecified atom stereocenters. The SMILES string of the molecule is O=C(C1CCN(C(=O)C2C3CC4CC(C3)CC2C4)CC1)N1CCCCC1. The van der Waals surface area contributed by atoms with Crippen LogP contribution in [-0.2, 0) is 9.59 Å². The van der Waals surface area contributed by atoms with Crippen molar-refractivity contribution in [2.75, 3.05) is 26.2 Å². The monoisotopic (exact) mass is 358 g/mol. The van der Waals surface area contributed by atoms with Crippen LogP contribution in [0.4, 0.5) is 0 Å². The molecule has 2 aliphatic heterocycles. The second kappa shape index (κ2) is 6.83. The van der Waals surface area contributed by atoms with E-state index in [0.29, 0.717) is 29.6 Å². The summed E-state index contributed by atoms with van der Waals surface area (Å²) >= 11 is 0. The van der Waals surface area contributed by atoms with Crippen molar-refractivity contribution < 1.29 is 9.59 Å². The number of hydrogen-bond donors (Lipinski definition) is 0. The third-order valence-corrected chi connectivity index (χ3v) is 8.34. The van der Waals surface area contributed by atoms with E-state index >= 15 is 0 Å². The van der Waals surface area contributed by atoms with Gasteiger partial charge in [0.25, 0.3) is 0 Å². The molecular formula is C22H34N2O2. The minimum atomic E-state index is 0.163. The van der Waals surface area contributed by atoms with Crippen molar-refractivity contribution in [3.8, 4) is 0 Å². The van der Waals surface area contributed by atoms with Crippen molar-refractivity contribution in [1.82, 2.24) is 9.80 Å². The van der Waals surface area contributed by atoms with Crippen molar-refractivity contribution in [3.05, 3.63) is 0 Å². The summed E-state index contributed by atoms with van der Waals surface area (Å²) in [6.45, 7) is 3.52. The molecule has 0 aromatic rings. The van der Waals surface area contributed by atoms with Crippen LogP contribution in [-0.4, -0.2) is 47.8 Å². The van der Waals surface area contributed by atoms with Gasteiger partial charge in [0.05, 0.1) is 0 Å². The van der Waals surface area contributed by atoms with Crippen molar-refractivity contribution >= 4 is 11.8 Å². The van der Waals surface area contributed by atoms with E-state index in [1.807, 2.05) is 0 Å². The number of hydrogen-bond acceptors (Lipinski definition) is 2. The normalized spacial score (nSPS) is 40.1. The van der Waals surface area contributed by atoms with E-state index in [1.165, 1.54) is 38.5 Å². The highest BCUT2D eigenvalue weighted by Gasteiger charge is 2.51. The Bertz CT molecular complexity index is 532. The lowest BCUT2D eigenvalue weighted by Crippen LogP contribution is -2.53. The van der Waals surface area contributed by atoms with Crippen molar-refractivity contribution in [2.24, 2.45) is 35.5 Å². The lowest BCUT2D eigenvalue weighted by atomic mass is 9.51. The lowest BCUT2D eigenvalue weighted by molar-refractivity contribution is -0.152. The summed E-state index contributed by atoms with van der Waals surface area (Å²) in [5.41, 5.74) is 0. The molecule has 2 amide bonds. The van der Waals surface area contributed by atoms with Gasteiger partial charge in [0.15, 0.2) is 0 Å². The minimum Gasteiger partial charge on any atom is -0.342 e. The standard InChI is InChI=1S/C22H34N2O2/c25-21(23-6-2-1-3-7-23)17-4-8-24(9-5-17)22(26)20-18-11-15-10-16(13-18)14-19(20)12-15/h15-20H,1-14H2. The Morgan fingerprint density at radius 3 is 1.73 bits per heavy atom. The molecular weight excluding hydrogens is 324 g/mol. The molecule has 0 aromatic carbocycles. The number of carbonyl (C=O) groups excluding carboxylic acids is 2. The first-order chi connectivity index (χ1) is 12.7. The average molecular weight is 359 g/mol. The van der Waals surface area contributed by atoms with Crippen LogP contribution in [0.1, 0.15) is 64.2 Å². The Balaban J connectivity index is 1.18. The molecule has 6 fully saturated rings. The van der Waals surface area contributed by atoms with Gasteiger partial charge < -0.3 is 9.80 Å². The van der Waals surface area contributed by atoms with E-state index in [4.69, 9.17) is 0 Å². The number of amides is 2. The Labute approximate surface area is 157 Å². The molecule has 6 rings (SSSR count). The number of nitrogens with zero attached hydrogens (tertiary/aromatic N) is 2. The van der Waals surface area contributed by atoms with Crippen LogP contribution in [0.25, 0.3) is 0 Å². The topological polar surface area (TPSA) is 40.6 Å². The molecule has 26 heavy (non-hydrogen) atoms. The molecule has 4 bridgehead atoms. The molecule has 4 aliphatic carbocycles. The molecule has 4 heteroatoms. The van der Waals surface area contributed by atoms with Gasteiger partial charge in [0.2, 0.25) is 11.8 Å². The largest absolute Gasteiger partial charge is 0.342 e. The van der Waals surface area contributed by atoms with Gasteiger partial charge in [-0.05, 0) is 87.9 Å². The average Bonchev–Trinajstić information content (AvgIpc) is 2.67. The summed E-state index contributed by atoms with van der Waals surface area (Å²) in [6.07, 6.45) is 12.1. The highest BCUT2D eigenvalue weighted by atomic mass is 16.2. The third kappa shape index (κ3) is 2.97. The number of rotatable bonds is 2. The maximum Gasteiger partial charge on any atom is 0.226 e. The molecule has 0 N–H and O–H groups in total. The molecule has 0 aromatic heterocycles. The van der Waals surface area contributed by atoms with Crippen LogP contribution in [0.15, 0.2) is 0 Å². The zero-order valence-corrected chi connectivity index (χ0v) is 16.1. The quantitative estimate of drug-likeness (QED) is 0.760. The van der Waals surface area contributed by atoms with E-state index in [0.717, 1.165) is 63.7 Å². The molecule has 0 radical (unpaired) electrons. The van der Waals surface area contributed by atoms with Gasteiger partial charge in [-0.25, -0.2) is 0 Å². The summed E-state index contributed by atoms with van der Waals surface area (Å²) in [5.74, 6) is 4.49. The van der Waals surface area contributed by atoms with Crippen LogP contribution in [0, 0.1) is 35.5 Å². The first-order valence-electron chi connectivity index (χ1n) is 11.3. The van der Waals surface area contributed by atoms with Crippen LogP contribution < -0.4 is 0 Å². The van der Waals surface area contributed by atoms with Crippen LogP contribution in [0.2, 0.25) is 0 Å². The smallest absolute Gasteiger partial charge is 0.226 e. The van der Waals surface area contributed by atoms with Crippen LogP contribution >= 0.6 is 0 Å². The maximum atomic E-state index is 13.3. The third-order valence-electron chi connectivity index (χ3n) is 8.34. The fourth-order valence-electron chi connectivity index (χ4n) is 7.26. The second-order valence-electron chi connectivity index (χ2n) is 9.94. The molecule has 144 valence electrons. The van der Waals surface area contributed by atoms with Gasteiger partial charge in [-0.1, -0.05) is 0 Å². The molecule has 4 nitrogen and oxygen atoms in total. The van der Waals surface area contributed by atoms with Crippen LogP contribution in [0.3, 0.4) is 0 Å². The number of carbonyl (C=O) groups is 2. The highest BCUT2D eigenvalue weighted by molar-refractivity contribution is 5.82. The second-order valence-corrected chi connectivity index (χ2v) is 9.94. The summed E-state index contributed by atoms with van der Waals surface area (Å²) in [5, 5.41) is 0. The first kappa shape index (κ1) is 17.1. The summed E-state index contributed by atoms with van der Waals surface area (Å²) < 4.78 is 0. The fraction of sp³-hybridized carbons (Fsp3) is 0.909. The van der Waals surface area contributed by atoms with Crippen molar-refractivity contribution in [2.45, 2.75) is 64.2 Å². The zero-order chi connectivity index (χ0) is 17.7. The fourth-order valence-corrected chi connectivity index (χ4v) is 7.26. The predicted molar refractivity (Wildman–Crippen MR) is 100 cm³/mol. The number of likely N-dealkylation sites (tertiary alicyclic amines) is 2. The molecule has 0 atom stereocenters. The van der Waals surface area contributed by atoms with Gasteiger partial charge >= 0.3 is 0 Å². The number of piperidine rings is 2. The van der Waals surface area contributed by atoms with E-state index in [-0.39, 0.29) is 5.92 Å². The molecule has 2 heterocycles. The zero-order valence-electron chi connectivity index (χ0n) is 16.1. The van der Waals surface area contributed by atoms with Crippen molar-refractivity contribution in [1.29, 1.82) is 0 Å². The van der Waals surface area contributed by atoms with Crippen LogP contribution in [0.5, 0.6) is 0 Å². The Morgan fingerprint density at radius 1 is 0.615 bits per heavy atom. The molecule has 6 aliphatic rings. The van der Waals surface area contributed by atoms with Gasteiger partial charge in [0, 0.05) is 38.0 Å². The Kier molecular flexibility index (Phi) is 4.48. The minimum absolute atomic E-state index is 0.163. The summed E-state index contributed by atoms with van der Waals surface area (Å²) in [4.78, 5) is 30.3. The lowest BCUT2D eigenvalue weighted by Gasteiger charge is -2.54. The van der Waals surface area contributed by atoms with Gasteiger partial charge in [-0.2, -0.15) is 0 Å². The van der Waals surface area contributed by atoms with Gasteiger partial charge in [-0.3, -0.25) is 9.59 Å². The van der Waals surface area contributed by atoms with E-state index in [2.05, 4.69) is 9.80 Å². The van der Waals surface area contributed by atoms with Gasteiger partial charge in [0.1, 0.15) is 0 Å². The Hall–Kier alpha value is -1.06. The predicted octanol–water partition coefficient (Wildman–Crippen LogP) is 3.31. The van der Waals surface area contributed by atoms with Crippen molar-refractivity contribution in [3.63, 3.8) is 0 Å². The molecule has 2 saturated heterocycles. The van der Waals surface area contributed by atoms with Gasteiger partial charge in [-0.15, -0.1) is 0 Å². The van der Waals surface area contributed by atoms with E-state index in [9.17, 15) is 9.59 Å². The summed E-state index contributed by atoms with van der Waals surface area (Å²) in [7, 11) is 0. The summed E-state index contributed by atoms with van der Waals surface area (Å²) in [6, 6.07) is 0. The first-order valence-corrected chi connectivity index (χ1v) is 11.3. The highest BCUT2D eigenvalue weighted by Crippen LogP contribution is 2.57.